The van der Waals surface area contributed by atoms with Crippen molar-refractivity contribution >= 4 is 17.4 Å². The van der Waals surface area contributed by atoms with Gasteiger partial charge < -0.3 is 15.3 Å². The van der Waals surface area contributed by atoms with Crippen LogP contribution in [0, 0.1) is 0 Å². The number of rotatable bonds is 0. The minimum absolute atomic E-state index is 0.366. The topological polar surface area (TPSA) is 77.8 Å². The Balaban J connectivity index is 0.000000144. The zero-order valence-corrected chi connectivity index (χ0v) is 7.78. The lowest BCUT2D eigenvalue weighted by atomic mass is 10.3. The van der Waals surface area contributed by atoms with E-state index in [1.54, 1.807) is 12.3 Å². The molecule has 15 heavy (non-hydrogen) atoms. The Hall–Kier alpha value is -2.30. The molecular weight excluding hydrogens is 194 g/mol. The number of hydrogen-bond acceptors (Lipinski definition) is 2. The van der Waals surface area contributed by atoms with Crippen LogP contribution in [-0.2, 0) is 4.79 Å². The molecule has 2 aromatic heterocycles. The number of H-pyrrole nitrogens is 2. The van der Waals surface area contributed by atoms with Crippen LogP contribution in [0.25, 0.3) is 0 Å². The molecule has 0 aliphatic carbocycles. The van der Waals surface area contributed by atoms with Crippen LogP contribution in [0.3, 0.4) is 0 Å². The van der Waals surface area contributed by atoms with E-state index < -0.39 is 11.7 Å². The van der Waals surface area contributed by atoms with Gasteiger partial charge in [-0.25, -0.2) is 0 Å². The Bertz CT molecular complexity index is 453. The normalized spacial score (nSPS) is 12.8. The van der Waals surface area contributed by atoms with Crippen LogP contribution < -0.4 is 5.32 Å². The van der Waals surface area contributed by atoms with E-state index in [2.05, 4.69) is 15.3 Å². The van der Waals surface area contributed by atoms with Crippen molar-refractivity contribution in [3.63, 3.8) is 0 Å². The Morgan fingerprint density at radius 1 is 1.00 bits per heavy atom. The van der Waals surface area contributed by atoms with Crippen LogP contribution in [0.4, 0.5) is 5.69 Å². The van der Waals surface area contributed by atoms with E-state index in [-0.39, 0.29) is 0 Å². The van der Waals surface area contributed by atoms with Crippen LogP contribution in [0.1, 0.15) is 10.5 Å². The molecule has 76 valence electrons. The fourth-order valence-corrected chi connectivity index (χ4v) is 1.23. The molecule has 3 rings (SSSR count). The summed E-state index contributed by atoms with van der Waals surface area (Å²) in [7, 11) is 0. The van der Waals surface area contributed by atoms with Gasteiger partial charge in [-0.05, 0) is 18.2 Å². The molecular formula is C10H9N3O2. The predicted octanol–water partition coefficient (Wildman–Crippen LogP) is 1.16. The van der Waals surface area contributed by atoms with Crippen LogP contribution in [0.5, 0.6) is 0 Å². The van der Waals surface area contributed by atoms with Gasteiger partial charge in [-0.1, -0.05) is 0 Å². The van der Waals surface area contributed by atoms with Crippen molar-refractivity contribution in [2.45, 2.75) is 0 Å². The van der Waals surface area contributed by atoms with E-state index in [9.17, 15) is 9.59 Å². The first kappa shape index (κ1) is 9.26. The fraction of sp³-hybridized carbons (Fsp3) is 0. The zero-order valence-electron chi connectivity index (χ0n) is 7.78. The number of aromatic nitrogens is 2. The monoisotopic (exact) mass is 203 g/mol. The smallest absolute Gasteiger partial charge is 0.298 e. The highest BCUT2D eigenvalue weighted by Crippen LogP contribution is 2.19. The minimum Gasteiger partial charge on any atom is -0.368 e. The molecule has 0 unspecified atom stereocenters. The van der Waals surface area contributed by atoms with Crippen molar-refractivity contribution in [2.24, 2.45) is 0 Å². The van der Waals surface area contributed by atoms with Gasteiger partial charge in [0.2, 0.25) is 0 Å². The number of hydrogen-bond donors (Lipinski definition) is 3. The Labute approximate surface area is 85.5 Å². The Morgan fingerprint density at radius 2 is 1.73 bits per heavy atom. The molecule has 0 saturated heterocycles. The van der Waals surface area contributed by atoms with E-state index in [4.69, 9.17) is 0 Å². The van der Waals surface area contributed by atoms with E-state index in [1.807, 2.05) is 24.5 Å². The van der Waals surface area contributed by atoms with E-state index in [0.29, 0.717) is 11.4 Å². The second-order valence-corrected chi connectivity index (χ2v) is 2.93. The van der Waals surface area contributed by atoms with Crippen LogP contribution in [0.2, 0.25) is 0 Å². The standard InChI is InChI=1S/C6H4N2O2.C4H5N/c9-5-4-3(1-2-7-4)8-6(5)10;1-2-4-5-3-1/h1-2,7H,(H,8,9,10);1-5H. The van der Waals surface area contributed by atoms with Gasteiger partial charge in [0.25, 0.3) is 11.7 Å². The number of carbonyl (C=O) groups is 2. The first-order valence-corrected chi connectivity index (χ1v) is 4.40. The van der Waals surface area contributed by atoms with Crippen molar-refractivity contribution in [1.82, 2.24) is 9.97 Å². The van der Waals surface area contributed by atoms with Crippen LogP contribution >= 0.6 is 0 Å². The molecule has 0 aromatic carbocycles. The van der Waals surface area contributed by atoms with Gasteiger partial charge in [-0.15, -0.1) is 0 Å². The van der Waals surface area contributed by atoms with Gasteiger partial charge in [0, 0.05) is 18.6 Å². The Kier molecular flexibility index (Phi) is 2.37. The number of anilines is 1. The minimum atomic E-state index is -0.554. The summed E-state index contributed by atoms with van der Waals surface area (Å²) >= 11 is 0. The van der Waals surface area contributed by atoms with E-state index >= 15 is 0 Å². The number of fused-ring (bicyclic) bond motifs is 1. The van der Waals surface area contributed by atoms with Gasteiger partial charge in [0.1, 0.15) is 5.69 Å². The summed E-state index contributed by atoms with van der Waals surface area (Å²) in [6.45, 7) is 0. The molecule has 0 radical (unpaired) electrons. The van der Waals surface area contributed by atoms with Crippen molar-refractivity contribution in [3.05, 3.63) is 42.5 Å². The lowest BCUT2D eigenvalue weighted by molar-refractivity contribution is -0.112. The molecule has 0 atom stereocenters. The molecule has 1 amide bonds. The first-order valence-electron chi connectivity index (χ1n) is 4.40. The predicted molar refractivity (Wildman–Crippen MR) is 54.5 cm³/mol. The number of nitrogens with one attached hydrogen (secondary N) is 3. The number of carbonyl (C=O) groups excluding carboxylic acids is 2. The molecule has 1 aliphatic rings. The van der Waals surface area contributed by atoms with Crippen molar-refractivity contribution in [2.75, 3.05) is 5.32 Å². The molecule has 5 heteroatoms. The molecule has 0 bridgehead atoms. The second kappa shape index (κ2) is 3.83. The maximum atomic E-state index is 10.8. The molecule has 2 aromatic rings. The lowest BCUT2D eigenvalue weighted by Gasteiger charge is -1.83. The summed E-state index contributed by atoms with van der Waals surface area (Å²) in [5.41, 5.74) is 0.944. The second-order valence-electron chi connectivity index (χ2n) is 2.93. The van der Waals surface area contributed by atoms with E-state index in [1.165, 1.54) is 0 Å². The number of ketones is 1. The van der Waals surface area contributed by atoms with Gasteiger partial charge >= 0.3 is 0 Å². The molecule has 3 heterocycles. The highest BCUT2D eigenvalue weighted by molar-refractivity contribution is 6.51. The van der Waals surface area contributed by atoms with Gasteiger partial charge in [-0.2, -0.15) is 0 Å². The van der Waals surface area contributed by atoms with Crippen molar-refractivity contribution < 1.29 is 9.59 Å². The summed E-state index contributed by atoms with van der Waals surface area (Å²) in [4.78, 5) is 27.0. The molecule has 1 aliphatic heterocycles. The summed E-state index contributed by atoms with van der Waals surface area (Å²) in [6.07, 6.45) is 5.36. The van der Waals surface area contributed by atoms with Crippen LogP contribution in [-0.4, -0.2) is 21.7 Å². The highest BCUT2D eigenvalue weighted by Gasteiger charge is 2.28. The molecule has 5 nitrogen and oxygen atoms in total. The van der Waals surface area contributed by atoms with Crippen molar-refractivity contribution in [1.29, 1.82) is 0 Å². The summed E-state index contributed by atoms with van der Waals surface area (Å²) in [6, 6.07) is 5.54. The fourth-order valence-electron chi connectivity index (χ4n) is 1.23. The third-order valence-electron chi connectivity index (χ3n) is 1.92. The molecule has 3 N–H and O–H groups in total. The van der Waals surface area contributed by atoms with E-state index in [0.717, 1.165) is 0 Å². The summed E-state index contributed by atoms with van der Waals surface area (Å²) in [5, 5.41) is 2.41. The Morgan fingerprint density at radius 3 is 2.27 bits per heavy atom. The highest BCUT2D eigenvalue weighted by atomic mass is 16.2. The number of aromatic amines is 2. The zero-order chi connectivity index (χ0) is 10.7. The molecule has 0 spiro atoms. The molecule has 0 fully saturated rings. The van der Waals surface area contributed by atoms with Gasteiger partial charge in [0.15, 0.2) is 0 Å². The first-order chi connectivity index (χ1) is 7.29. The third-order valence-corrected chi connectivity index (χ3v) is 1.92. The van der Waals surface area contributed by atoms with Crippen LogP contribution in [0.15, 0.2) is 36.8 Å². The SMILES string of the molecule is O=C1Nc2cc[nH]c2C1=O.c1cc[nH]c1. The van der Waals surface area contributed by atoms with Crippen molar-refractivity contribution in [3.8, 4) is 0 Å². The van der Waals surface area contributed by atoms with Gasteiger partial charge in [0.05, 0.1) is 5.69 Å². The average Bonchev–Trinajstić information content (AvgIpc) is 2.91. The summed E-state index contributed by atoms with van der Waals surface area (Å²) < 4.78 is 0. The lowest BCUT2D eigenvalue weighted by Crippen LogP contribution is -2.13. The molecule has 0 saturated carbocycles. The number of Topliss-reactive ketones (excluding diaryl/α,β-unsaturated/α-hetero) is 1. The number of amides is 1. The third kappa shape index (κ3) is 1.80. The average molecular weight is 203 g/mol. The maximum Gasteiger partial charge on any atom is 0.298 e. The maximum absolute atomic E-state index is 10.8. The van der Waals surface area contributed by atoms with Gasteiger partial charge in [-0.3, -0.25) is 9.59 Å². The quantitative estimate of drug-likeness (QED) is 0.562. The summed E-state index contributed by atoms with van der Waals surface area (Å²) in [5.74, 6) is -1.04. The largest absolute Gasteiger partial charge is 0.368 e.